The largest absolute Gasteiger partial charge is 0.505 e. The lowest BCUT2D eigenvalue weighted by atomic mass is 9.70. The van der Waals surface area contributed by atoms with E-state index in [0.29, 0.717) is 33.7 Å². The monoisotopic (exact) mass is 431 g/mol. The Morgan fingerprint density at radius 3 is 2.37 bits per heavy atom. The minimum absolute atomic E-state index is 0.202. The van der Waals surface area contributed by atoms with Crippen molar-refractivity contribution in [2.24, 2.45) is 5.92 Å². The first-order chi connectivity index (χ1) is 14.0. The Morgan fingerprint density at radius 1 is 1.23 bits per heavy atom. The van der Waals surface area contributed by atoms with E-state index in [4.69, 9.17) is 11.6 Å². The first-order valence-corrected chi connectivity index (χ1v) is 9.99. The summed E-state index contributed by atoms with van der Waals surface area (Å²) in [7, 11) is 0. The van der Waals surface area contributed by atoms with Gasteiger partial charge in [0.05, 0.1) is 10.9 Å². The summed E-state index contributed by atoms with van der Waals surface area (Å²) in [4.78, 5) is 25.7. The lowest BCUT2D eigenvalue weighted by Gasteiger charge is -2.32. The third-order valence-electron chi connectivity index (χ3n) is 6.13. The van der Waals surface area contributed by atoms with Crippen molar-refractivity contribution in [2.75, 3.05) is 0 Å². The van der Waals surface area contributed by atoms with Crippen LogP contribution >= 0.6 is 11.6 Å². The molecule has 1 unspecified atom stereocenters. The number of rotatable bonds is 5. The lowest BCUT2D eigenvalue weighted by Crippen LogP contribution is -2.39. The number of hydrogen-bond acceptors (Lipinski definition) is 3. The summed E-state index contributed by atoms with van der Waals surface area (Å²) in [6.07, 6.45) is 0.577. The van der Waals surface area contributed by atoms with E-state index in [0.717, 1.165) is 6.07 Å². The van der Waals surface area contributed by atoms with E-state index in [2.05, 4.69) is 0 Å². The Balaban J connectivity index is 2.41. The van der Waals surface area contributed by atoms with Crippen LogP contribution in [-0.2, 0) is 10.2 Å². The number of aromatic hydroxyl groups is 1. The second-order valence-electron chi connectivity index (χ2n) is 7.75. The van der Waals surface area contributed by atoms with Crippen LogP contribution in [0.3, 0.4) is 0 Å². The van der Waals surface area contributed by atoms with Gasteiger partial charge in [0.15, 0.2) is 11.6 Å². The van der Waals surface area contributed by atoms with Gasteiger partial charge < -0.3 is 10.2 Å². The molecule has 0 spiro atoms. The quantitative estimate of drug-likeness (QED) is 0.557. The number of aliphatic carboxylic acids is 1. The molecule has 1 heterocycles. The standard InChI is InChI=1S/C23H23ClFNO4/c1-5-12(2)23(4,22(29)30)20-13(3)26(18-11-17(25)19(27)10-16(18)20)21(28)14-6-8-15(24)9-7-14/h6-12,27H,5H2,1-4H3,(H,29,30)/t12?,23-/m1/s1. The van der Waals surface area contributed by atoms with Gasteiger partial charge in [0.1, 0.15) is 0 Å². The topological polar surface area (TPSA) is 79.5 Å². The van der Waals surface area contributed by atoms with Crippen molar-refractivity contribution in [1.29, 1.82) is 0 Å². The third kappa shape index (κ3) is 3.25. The number of aromatic nitrogens is 1. The molecule has 2 atom stereocenters. The van der Waals surface area contributed by atoms with Crippen LogP contribution in [0.4, 0.5) is 4.39 Å². The van der Waals surface area contributed by atoms with Gasteiger partial charge in [0.2, 0.25) is 0 Å². The number of phenols is 1. The van der Waals surface area contributed by atoms with Gasteiger partial charge in [-0.05, 0) is 55.7 Å². The molecule has 0 amide bonds. The fourth-order valence-electron chi connectivity index (χ4n) is 4.04. The van der Waals surface area contributed by atoms with Gasteiger partial charge in [-0.25, -0.2) is 4.39 Å². The van der Waals surface area contributed by atoms with E-state index in [1.807, 2.05) is 13.8 Å². The van der Waals surface area contributed by atoms with Crippen LogP contribution in [0, 0.1) is 18.7 Å². The van der Waals surface area contributed by atoms with E-state index in [-0.39, 0.29) is 11.4 Å². The number of carbonyl (C=O) groups is 2. The molecule has 0 fully saturated rings. The maximum absolute atomic E-state index is 14.3. The maximum Gasteiger partial charge on any atom is 0.314 e. The minimum Gasteiger partial charge on any atom is -0.505 e. The number of halogens is 2. The normalized spacial score (nSPS) is 14.5. The number of carbonyl (C=O) groups excluding carboxylic acids is 1. The highest BCUT2D eigenvalue weighted by Gasteiger charge is 2.44. The third-order valence-corrected chi connectivity index (χ3v) is 6.38. The Kier molecular flexibility index (Phi) is 5.65. The molecule has 0 radical (unpaired) electrons. The van der Waals surface area contributed by atoms with Crippen LogP contribution in [0.15, 0.2) is 36.4 Å². The van der Waals surface area contributed by atoms with Gasteiger partial charge >= 0.3 is 5.97 Å². The molecule has 3 aromatic rings. The van der Waals surface area contributed by atoms with Crippen LogP contribution in [0.5, 0.6) is 5.75 Å². The predicted molar refractivity (Wildman–Crippen MR) is 114 cm³/mol. The molecular weight excluding hydrogens is 409 g/mol. The van der Waals surface area contributed by atoms with Crippen molar-refractivity contribution in [1.82, 2.24) is 4.57 Å². The molecular formula is C23H23ClFNO4. The first-order valence-electron chi connectivity index (χ1n) is 9.61. The van der Waals surface area contributed by atoms with Gasteiger partial charge in [-0.3, -0.25) is 14.2 Å². The summed E-state index contributed by atoms with van der Waals surface area (Å²) >= 11 is 5.92. The molecule has 0 aliphatic carbocycles. The van der Waals surface area contributed by atoms with Gasteiger partial charge in [0.25, 0.3) is 5.91 Å². The maximum atomic E-state index is 14.3. The molecule has 2 aromatic carbocycles. The van der Waals surface area contributed by atoms with Crippen LogP contribution in [0.2, 0.25) is 5.02 Å². The molecule has 1 aromatic heterocycles. The zero-order valence-corrected chi connectivity index (χ0v) is 17.9. The van der Waals surface area contributed by atoms with Gasteiger partial charge in [0, 0.05) is 27.7 Å². The van der Waals surface area contributed by atoms with Crippen LogP contribution in [0.1, 0.15) is 48.8 Å². The number of carboxylic acid groups (broad SMARTS) is 1. The van der Waals surface area contributed by atoms with Crippen LogP contribution < -0.4 is 0 Å². The molecule has 30 heavy (non-hydrogen) atoms. The average Bonchev–Trinajstić information content (AvgIpc) is 2.98. The number of hydrogen-bond donors (Lipinski definition) is 2. The molecule has 0 bridgehead atoms. The fourth-order valence-corrected chi connectivity index (χ4v) is 4.16. The molecule has 0 saturated carbocycles. The molecule has 2 N–H and O–H groups in total. The smallest absolute Gasteiger partial charge is 0.314 e. The first kappa shape index (κ1) is 21.8. The number of fused-ring (bicyclic) bond motifs is 1. The highest BCUT2D eigenvalue weighted by molar-refractivity contribution is 6.30. The van der Waals surface area contributed by atoms with Crippen LogP contribution in [-0.4, -0.2) is 26.7 Å². The number of benzene rings is 2. The highest BCUT2D eigenvalue weighted by atomic mass is 35.5. The van der Waals surface area contributed by atoms with Gasteiger partial charge in [-0.2, -0.15) is 0 Å². The Labute approximate surface area is 178 Å². The van der Waals surface area contributed by atoms with Crippen molar-refractivity contribution >= 4 is 34.4 Å². The summed E-state index contributed by atoms with van der Waals surface area (Å²) in [5, 5.41) is 20.9. The van der Waals surface area contributed by atoms with Crippen molar-refractivity contribution in [3.8, 4) is 5.75 Å². The molecule has 5 nitrogen and oxygen atoms in total. The molecule has 0 saturated heterocycles. The van der Waals surface area contributed by atoms with E-state index >= 15 is 0 Å². The van der Waals surface area contributed by atoms with E-state index in [1.54, 1.807) is 38.1 Å². The molecule has 158 valence electrons. The van der Waals surface area contributed by atoms with Crippen molar-refractivity contribution in [3.63, 3.8) is 0 Å². The molecule has 0 aliphatic rings. The zero-order chi connectivity index (χ0) is 22.4. The molecule has 3 rings (SSSR count). The summed E-state index contributed by atoms with van der Waals surface area (Å²) in [5.74, 6) is -3.27. The number of nitrogens with zero attached hydrogens (tertiary/aromatic N) is 1. The average molecular weight is 432 g/mol. The highest BCUT2D eigenvalue weighted by Crippen LogP contribution is 2.43. The minimum atomic E-state index is -1.35. The van der Waals surface area contributed by atoms with Crippen molar-refractivity contribution in [3.05, 3.63) is 64.1 Å². The lowest BCUT2D eigenvalue weighted by molar-refractivity contribution is -0.145. The SMILES string of the molecule is CCC(C)[C@@](C)(C(=O)O)c1c(C)n(C(=O)c2ccc(Cl)cc2)c2cc(F)c(O)cc12. The second kappa shape index (κ2) is 7.76. The van der Waals surface area contributed by atoms with E-state index in [1.165, 1.54) is 10.6 Å². The fraction of sp³-hybridized carbons (Fsp3) is 0.304. The van der Waals surface area contributed by atoms with Gasteiger partial charge in [-0.15, -0.1) is 0 Å². The number of phenolic OH excluding ortho intramolecular Hbond substituents is 1. The van der Waals surface area contributed by atoms with Crippen LogP contribution in [0.25, 0.3) is 10.9 Å². The van der Waals surface area contributed by atoms with E-state index in [9.17, 15) is 24.2 Å². The Bertz CT molecular complexity index is 1150. The predicted octanol–water partition coefficient (Wildman–Crippen LogP) is 5.52. The van der Waals surface area contributed by atoms with Crippen molar-refractivity contribution < 1.29 is 24.2 Å². The summed E-state index contributed by atoms with van der Waals surface area (Å²) in [6.45, 7) is 6.95. The summed E-state index contributed by atoms with van der Waals surface area (Å²) in [5.41, 5.74) is -0.0574. The zero-order valence-electron chi connectivity index (χ0n) is 17.2. The molecule has 0 aliphatic heterocycles. The van der Waals surface area contributed by atoms with E-state index < -0.39 is 28.9 Å². The number of carboxylic acids is 1. The Morgan fingerprint density at radius 2 is 1.83 bits per heavy atom. The summed E-state index contributed by atoms with van der Waals surface area (Å²) < 4.78 is 15.6. The van der Waals surface area contributed by atoms with Crippen molar-refractivity contribution in [2.45, 2.75) is 39.5 Å². The second-order valence-corrected chi connectivity index (χ2v) is 8.18. The summed E-state index contributed by atoms with van der Waals surface area (Å²) in [6, 6.07) is 8.51. The van der Waals surface area contributed by atoms with Gasteiger partial charge in [-0.1, -0.05) is 31.9 Å². The Hall–Kier alpha value is -2.86. The molecule has 7 heteroatoms.